The van der Waals surface area contributed by atoms with Crippen LogP contribution >= 0.6 is 22.7 Å². The van der Waals surface area contributed by atoms with Crippen molar-refractivity contribution < 1.29 is 18.7 Å². The van der Waals surface area contributed by atoms with E-state index in [1.54, 1.807) is 24.6 Å². The molecular formula is C18H15FN2O3S2. The van der Waals surface area contributed by atoms with E-state index in [2.05, 4.69) is 10.3 Å². The minimum atomic E-state index is -0.574. The maximum atomic E-state index is 13.2. The lowest BCUT2D eigenvalue weighted by molar-refractivity contribution is -0.124. The quantitative estimate of drug-likeness (QED) is 0.652. The Bertz CT molecular complexity index is 892. The molecule has 5 nitrogen and oxygen atoms in total. The van der Waals surface area contributed by atoms with Gasteiger partial charge in [0.1, 0.15) is 10.7 Å². The predicted molar refractivity (Wildman–Crippen MR) is 97.8 cm³/mol. The van der Waals surface area contributed by atoms with Crippen molar-refractivity contribution >= 4 is 34.6 Å². The van der Waals surface area contributed by atoms with Gasteiger partial charge in [-0.25, -0.2) is 14.2 Å². The molecule has 1 atom stereocenters. The lowest BCUT2D eigenvalue weighted by atomic mass is 10.1. The number of aryl methyl sites for hydroxylation is 1. The number of ether oxygens (including phenoxy) is 1. The van der Waals surface area contributed by atoms with Crippen LogP contribution in [0, 0.1) is 12.7 Å². The first kappa shape index (κ1) is 18.2. The molecule has 3 aromatic rings. The monoisotopic (exact) mass is 390 g/mol. The number of amides is 1. The molecule has 2 aromatic heterocycles. The Kier molecular flexibility index (Phi) is 5.75. The van der Waals surface area contributed by atoms with Gasteiger partial charge in [0.15, 0.2) is 6.61 Å². The van der Waals surface area contributed by atoms with Crippen LogP contribution in [0.25, 0.3) is 0 Å². The van der Waals surface area contributed by atoms with Crippen LogP contribution < -0.4 is 5.32 Å². The van der Waals surface area contributed by atoms with E-state index < -0.39 is 24.5 Å². The Morgan fingerprint density at radius 3 is 2.62 bits per heavy atom. The lowest BCUT2D eigenvalue weighted by Gasteiger charge is -2.18. The molecule has 0 radical (unpaired) electrons. The number of carbonyl (C=O) groups excluding carboxylic acids is 2. The van der Waals surface area contributed by atoms with E-state index in [9.17, 15) is 14.0 Å². The van der Waals surface area contributed by atoms with Crippen LogP contribution in [0.5, 0.6) is 0 Å². The number of nitrogens with one attached hydrogen (secondary N) is 1. The average Bonchev–Trinajstić information content (AvgIpc) is 3.30. The van der Waals surface area contributed by atoms with Crippen LogP contribution in [-0.4, -0.2) is 23.5 Å². The van der Waals surface area contributed by atoms with Gasteiger partial charge >= 0.3 is 5.97 Å². The van der Waals surface area contributed by atoms with E-state index >= 15 is 0 Å². The molecule has 8 heteroatoms. The normalized spacial score (nSPS) is 11.8. The standard InChI is InChI=1S/C18H15FN2O3S2/c1-11-17(26-10-20-11)18(23)24-9-15(22)21-16(14-3-2-8-25-14)12-4-6-13(19)7-5-12/h2-8,10,16H,9H2,1H3,(H,21,22). The summed E-state index contributed by atoms with van der Waals surface area (Å²) in [6.45, 7) is 1.30. The molecule has 0 fully saturated rings. The number of thiazole rings is 1. The zero-order chi connectivity index (χ0) is 18.5. The molecule has 3 rings (SSSR count). The van der Waals surface area contributed by atoms with Crippen LogP contribution in [0.4, 0.5) is 4.39 Å². The van der Waals surface area contributed by atoms with E-state index in [4.69, 9.17) is 4.74 Å². The van der Waals surface area contributed by atoms with Crippen molar-refractivity contribution in [3.05, 3.63) is 74.1 Å². The summed E-state index contributed by atoms with van der Waals surface area (Å²) >= 11 is 2.64. The highest BCUT2D eigenvalue weighted by molar-refractivity contribution is 7.11. The smallest absolute Gasteiger partial charge is 0.350 e. The second kappa shape index (κ2) is 8.20. The number of rotatable bonds is 6. The minimum absolute atomic E-state index is 0.348. The number of aromatic nitrogens is 1. The van der Waals surface area contributed by atoms with Gasteiger partial charge in [-0.1, -0.05) is 18.2 Å². The number of carbonyl (C=O) groups is 2. The van der Waals surface area contributed by atoms with Gasteiger partial charge in [-0.05, 0) is 36.1 Å². The highest BCUT2D eigenvalue weighted by atomic mass is 32.1. The molecule has 0 aliphatic rings. The third-order valence-corrected chi connectivity index (χ3v) is 5.45. The largest absolute Gasteiger partial charge is 0.451 e. The molecule has 1 unspecified atom stereocenters. The van der Waals surface area contributed by atoms with E-state index in [1.165, 1.54) is 34.8 Å². The minimum Gasteiger partial charge on any atom is -0.451 e. The third kappa shape index (κ3) is 4.33. The van der Waals surface area contributed by atoms with Crippen molar-refractivity contribution in [2.45, 2.75) is 13.0 Å². The Balaban J connectivity index is 1.67. The molecule has 0 aliphatic carbocycles. The molecule has 2 heterocycles. The first-order chi connectivity index (χ1) is 12.5. The Hall–Kier alpha value is -2.58. The number of nitrogens with zero attached hydrogens (tertiary/aromatic N) is 1. The number of thiophene rings is 1. The summed E-state index contributed by atoms with van der Waals surface area (Å²) in [5.74, 6) is -1.36. The second-order valence-corrected chi connectivity index (χ2v) is 7.24. The van der Waals surface area contributed by atoms with E-state index in [-0.39, 0.29) is 5.82 Å². The number of hydrogen-bond acceptors (Lipinski definition) is 6. The number of esters is 1. The number of benzene rings is 1. The molecule has 134 valence electrons. The number of hydrogen-bond donors (Lipinski definition) is 1. The van der Waals surface area contributed by atoms with E-state index in [1.807, 2.05) is 17.5 Å². The fourth-order valence-electron chi connectivity index (χ4n) is 2.33. The SMILES string of the molecule is Cc1ncsc1C(=O)OCC(=O)NC(c1ccc(F)cc1)c1cccs1. The molecule has 0 saturated carbocycles. The highest BCUT2D eigenvalue weighted by Gasteiger charge is 2.20. The molecule has 1 N–H and O–H groups in total. The summed E-state index contributed by atoms with van der Waals surface area (Å²) in [5.41, 5.74) is 2.86. The summed E-state index contributed by atoms with van der Waals surface area (Å²) in [7, 11) is 0. The Labute approximate surface area is 157 Å². The zero-order valence-corrected chi connectivity index (χ0v) is 15.4. The van der Waals surface area contributed by atoms with Crippen molar-refractivity contribution in [2.24, 2.45) is 0 Å². The molecule has 1 aromatic carbocycles. The van der Waals surface area contributed by atoms with Crippen molar-refractivity contribution in [3.8, 4) is 0 Å². The van der Waals surface area contributed by atoms with Gasteiger partial charge in [-0.2, -0.15) is 0 Å². The van der Waals surface area contributed by atoms with Gasteiger partial charge in [0.2, 0.25) is 0 Å². The fraction of sp³-hybridized carbons (Fsp3) is 0.167. The van der Waals surface area contributed by atoms with Gasteiger partial charge in [-0.3, -0.25) is 4.79 Å². The molecule has 0 spiro atoms. The highest BCUT2D eigenvalue weighted by Crippen LogP contribution is 2.26. The topological polar surface area (TPSA) is 68.3 Å². The van der Waals surface area contributed by atoms with Crippen LogP contribution in [0.1, 0.15) is 31.8 Å². The third-order valence-electron chi connectivity index (χ3n) is 3.60. The van der Waals surface area contributed by atoms with Gasteiger partial charge in [0.25, 0.3) is 5.91 Å². The maximum Gasteiger partial charge on any atom is 0.350 e. The molecule has 26 heavy (non-hydrogen) atoms. The van der Waals surface area contributed by atoms with Crippen molar-refractivity contribution in [1.82, 2.24) is 10.3 Å². The molecule has 0 bridgehead atoms. The van der Waals surface area contributed by atoms with Gasteiger partial charge in [0, 0.05) is 4.88 Å². The van der Waals surface area contributed by atoms with Crippen LogP contribution in [0.2, 0.25) is 0 Å². The Morgan fingerprint density at radius 1 is 1.23 bits per heavy atom. The van der Waals surface area contributed by atoms with Crippen LogP contribution in [-0.2, 0) is 9.53 Å². The van der Waals surface area contributed by atoms with Gasteiger partial charge in [-0.15, -0.1) is 22.7 Å². The summed E-state index contributed by atoms with van der Waals surface area (Å²) in [5, 5.41) is 4.72. The fourth-order valence-corrected chi connectivity index (χ4v) is 3.82. The van der Waals surface area contributed by atoms with E-state index in [0.717, 1.165) is 10.4 Å². The first-order valence-electron chi connectivity index (χ1n) is 7.70. The second-order valence-electron chi connectivity index (χ2n) is 5.41. The lowest BCUT2D eigenvalue weighted by Crippen LogP contribution is -2.32. The molecule has 1 amide bonds. The molecular weight excluding hydrogens is 375 g/mol. The van der Waals surface area contributed by atoms with Gasteiger partial charge in [0.05, 0.1) is 17.2 Å². The summed E-state index contributed by atoms with van der Waals surface area (Å²) in [6, 6.07) is 9.23. The number of halogens is 1. The van der Waals surface area contributed by atoms with Crippen molar-refractivity contribution in [2.75, 3.05) is 6.61 Å². The molecule has 0 aliphatic heterocycles. The van der Waals surface area contributed by atoms with Crippen LogP contribution in [0.15, 0.2) is 47.3 Å². The zero-order valence-electron chi connectivity index (χ0n) is 13.8. The van der Waals surface area contributed by atoms with Crippen molar-refractivity contribution in [3.63, 3.8) is 0 Å². The molecule has 0 saturated heterocycles. The average molecular weight is 390 g/mol. The Morgan fingerprint density at radius 2 is 2.00 bits per heavy atom. The van der Waals surface area contributed by atoms with Gasteiger partial charge < -0.3 is 10.1 Å². The maximum absolute atomic E-state index is 13.2. The summed E-state index contributed by atoms with van der Waals surface area (Å²) < 4.78 is 18.3. The summed E-state index contributed by atoms with van der Waals surface area (Å²) in [4.78, 5) is 29.5. The predicted octanol–water partition coefficient (Wildman–Crippen LogP) is 3.71. The summed E-state index contributed by atoms with van der Waals surface area (Å²) in [6.07, 6.45) is 0. The van der Waals surface area contributed by atoms with E-state index in [0.29, 0.717) is 10.6 Å². The van der Waals surface area contributed by atoms with Crippen LogP contribution in [0.3, 0.4) is 0 Å². The first-order valence-corrected chi connectivity index (χ1v) is 9.46. The van der Waals surface area contributed by atoms with Crippen molar-refractivity contribution in [1.29, 1.82) is 0 Å².